The number of methoxy groups -OCH3 is 2. The lowest BCUT2D eigenvalue weighted by Gasteiger charge is -2.31. The number of hydrogen-bond donors (Lipinski definition) is 1. The third-order valence-corrected chi connectivity index (χ3v) is 8.01. The number of hydrogen-bond acceptors (Lipinski definition) is 8. The largest absolute Gasteiger partial charge is 0.497 e. The molecule has 202 valence electrons. The number of carboxylic acids is 1. The third kappa shape index (κ3) is 8.19. The van der Waals surface area contributed by atoms with Crippen LogP contribution in [-0.2, 0) is 15.1 Å². The van der Waals surface area contributed by atoms with Gasteiger partial charge in [0, 0.05) is 5.75 Å². The Morgan fingerprint density at radius 3 is 1.74 bits per heavy atom. The number of amides is 1. The van der Waals surface area contributed by atoms with Gasteiger partial charge in [0.25, 0.3) is 5.24 Å². The van der Waals surface area contributed by atoms with E-state index in [9.17, 15) is 19.3 Å². The van der Waals surface area contributed by atoms with Crippen molar-refractivity contribution in [3.8, 4) is 23.0 Å². The molecule has 0 fully saturated rings. The highest BCUT2D eigenvalue weighted by Gasteiger charge is 2.39. The zero-order valence-electron chi connectivity index (χ0n) is 21.3. The van der Waals surface area contributed by atoms with Gasteiger partial charge in [0.15, 0.2) is 0 Å². The predicted molar refractivity (Wildman–Crippen MR) is 146 cm³/mol. The molecule has 0 aromatic heterocycles. The average molecular weight is 560 g/mol. The molecular formula is C27H30NO8PS. The fraction of sp³-hybridized carbons (Fsp3) is 0.259. The third-order valence-electron chi connectivity index (χ3n) is 5.42. The van der Waals surface area contributed by atoms with E-state index in [1.807, 2.05) is 30.3 Å². The van der Waals surface area contributed by atoms with Crippen LogP contribution in [0.5, 0.6) is 23.0 Å². The maximum Gasteiger partial charge on any atom is 0.450 e. The van der Waals surface area contributed by atoms with E-state index in [4.69, 9.17) is 18.5 Å². The maximum absolute atomic E-state index is 14.2. The van der Waals surface area contributed by atoms with Gasteiger partial charge >= 0.3 is 13.6 Å². The fourth-order valence-electron chi connectivity index (χ4n) is 3.47. The van der Waals surface area contributed by atoms with Crippen LogP contribution in [-0.4, -0.2) is 47.8 Å². The lowest BCUT2D eigenvalue weighted by Crippen LogP contribution is -2.44. The number of rotatable bonds is 13. The first-order chi connectivity index (χ1) is 18.3. The maximum atomic E-state index is 14.2. The summed E-state index contributed by atoms with van der Waals surface area (Å²) in [7, 11) is -1.15. The second-order valence-corrected chi connectivity index (χ2v) is 10.9. The Morgan fingerprint density at radius 2 is 1.32 bits per heavy atom. The van der Waals surface area contributed by atoms with E-state index in [1.165, 1.54) is 14.2 Å². The highest BCUT2D eigenvalue weighted by molar-refractivity contribution is 8.12. The van der Waals surface area contributed by atoms with Gasteiger partial charge < -0.3 is 28.5 Å². The van der Waals surface area contributed by atoms with Crippen LogP contribution < -0.4 is 18.5 Å². The van der Waals surface area contributed by atoms with Crippen molar-refractivity contribution in [2.75, 3.05) is 20.5 Å². The summed E-state index contributed by atoms with van der Waals surface area (Å²) < 4.78 is 36.2. The average Bonchev–Trinajstić information content (AvgIpc) is 2.92. The molecule has 0 aliphatic rings. The van der Waals surface area contributed by atoms with Crippen molar-refractivity contribution in [1.82, 2.24) is 4.90 Å². The normalized spacial score (nSPS) is 11.8. The van der Waals surface area contributed by atoms with Gasteiger partial charge in [-0.05, 0) is 60.5 Å². The monoisotopic (exact) mass is 559 g/mol. The van der Waals surface area contributed by atoms with Crippen molar-refractivity contribution in [2.24, 2.45) is 0 Å². The molecule has 1 unspecified atom stereocenters. The van der Waals surface area contributed by atoms with Gasteiger partial charge in [-0.25, -0.2) is 9.36 Å². The summed E-state index contributed by atoms with van der Waals surface area (Å²) in [5.74, 6) is 0.630. The zero-order chi connectivity index (χ0) is 27.5. The lowest BCUT2D eigenvalue weighted by atomic mass is 10.2. The van der Waals surface area contributed by atoms with Crippen LogP contribution in [0.4, 0.5) is 4.79 Å². The van der Waals surface area contributed by atoms with Gasteiger partial charge in [0.2, 0.25) is 0 Å². The van der Waals surface area contributed by atoms with Crippen molar-refractivity contribution in [3.05, 3.63) is 84.4 Å². The molecule has 1 amide bonds. The van der Waals surface area contributed by atoms with Crippen LogP contribution in [0.3, 0.4) is 0 Å². The summed E-state index contributed by atoms with van der Waals surface area (Å²) in [5, 5.41) is 9.31. The van der Waals surface area contributed by atoms with Gasteiger partial charge in [-0.15, -0.1) is 0 Å². The highest BCUT2D eigenvalue weighted by Crippen LogP contribution is 2.50. The van der Waals surface area contributed by atoms with Crippen molar-refractivity contribution in [1.29, 1.82) is 0 Å². The molecule has 0 spiro atoms. The van der Waals surface area contributed by atoms with Gasteiger partial charge in [0.05, 0.1) is 14.2 Å². The molecule has 0 bridgehead atoms. The Kier molecular flexibility index (Phi) is 10.5. The number of nitrogens with zero attached hydrogens (tertiary/aromatic N) is 1. The number of aliphatic carboxylic acids is 1. The molecule has 3 aromatic rings. The van der Waals surface area contributed by atoms with E-state index in [1.54, 1.807) is 55.5 Å². The standard InChI is InChI=1S/C27H30NO8PS/c1-4-25(26(29)30)28(27(31)38-18-20-8-6-5-7-9-20)19-37(32,35-23-14-10-21(33-2)11-15-23)36-24-16-12-22(34-3)13-17-24/h5-17,25H,4,18-19H2,1-3H3,(H,29,30). The Hall–Kier alpha value is -3.62. The minimum Gasteiger partial charge on any atom is -0.497 e. The summed E-state index contributed by atoms with van der Waals surface area (Å²) in [5.41, 5.74) is 0.890. The molecule has 3 rings (SSSR count). The summed E-state index contributed by atoms with van der Waals surface area (Å²) in [6.45, 7) is 1.64. The van der Waals surface area contributed by atoms with Crippen molar-refractivity contribution >= 4 is 30.6 Å². The molecule has 0 heterocycles. The first-order valence-corrected chi connectivity index (χ1v) is 14.4. The van der Waals surface area contributed by atoms with E-state index < -0.39 is 31.1 Å². The second-order valence-electron chi connectivity index (χ2n) is 8.06. The molecule has 9 nitrogen and oxygen atoms in total. The number of carboxylic acid groups (broad SMARTS) is 1. The summed E-state index contributed by atoms with van der Waals surface area (Å²) in [6, 6.07) is 20.7. The Balaban J connectivity index is 1.92. The molecule has 0 aliphatic carbocycles. The molecule has 0 saturated carbocycles. The predicted octanol–water partition coefficient (Wildman–Crippen LogP) is 6.53. The van der Waals surface area contributed by atoms with E-state index >= 15 is 0 Å². The number of thioether (sulfide) groups is 1. The quantitative estimate of drug-likeness (QED) is 0.234. The van der Waals surface area contributed by atoms with Crippen LogP contribution in [0.25, 0.3) is 0 Å². The molecule has 1 atom stereocenters. The minimum absolute atomic E-state index is 0.0953. The summed E-state index contributed by atoms with van der Waals surface area (Å²) in [4.78, 5) is 26.5. The molecule has 1 N–H and O–H groups in total. The van der Waals surface area contributed by atoms with Crippen LogP contribution in [0.1, 0.15) is 18.9 Å². The van der Waals surface area contributed by atoms with Gasteiger partial charge in [-0.1, -0.05) is 49.0 Å². The number of benzene rings is 3. The van der Waals surface area contributed by atoms with Crippen molar-refractivity contribution < 1.29 is 37.8 Å². The molecule has 0 radical (unpaired) electrons. The van der Waals surface area contributed by atoms with Crippen LogP contribution in [0.15, 0.2) is 78.9 Å². The number of carbonyl (C=O) groups excluding carboxylic acids is 1. The molecule has 3 aromatic carbocycles. The van der Waals surface area contributed by atoms with Crippen LogP contribution in [0, 0.1) is 0 Å². The highest BCUT2D eigenvalue weighted by atomic mass is 32.2. The van der Waals surface area contributed by atoms with E-state index in [0.717, 1.165) is 22.2 Å². The molecule has 0 saturated heterocycles. The molecule has 38 heavy (non-hydrogen) atoms. The molecular weight excluding hydrogens is 529 g/mol. The Bertz CT molecular complexity index is 1180. The Morgan fingerprint density at radius 1 is 0.842 bits per heavy atom. The lowest BCUT2D eigenvalue weighted by molar-refractivity contribution is -0.141. The van der Waals surface area contributed by atoms with Crippen molar-refractivity contribution in [3.63, 3.8) is 0 Å². The fourth-order valence-corrected chi connectivity index (χ4v) is 6.14. The summed E-state index contributed by atoms with van der Waals surface area (Å²) in [6.07, 6.45) is -0.492. The SMILES string of the molecule is CCC(C(=O)O)N(CP(=O)(Oc1ccc(OC)cc1)Oc1ccc(OC)cc1)C(=O)SCc1ccccc1. The first-order valence-electron chi connectivity index (χ1n) is 11.7. The summed E-state index contributed by atoms with van der Waals surface area (Å²) >= 11 is 0.920. The number of carbonyl (C=O) groups is 2. The van der Waals surface area contributed by atoms with E-state index in [-0.39, 0.29) is 17.9 Å². The second kappa shape index (κ2) is 13.8. The Labute approximate surface area is 226 Å². The van der Waals surface area contributed by atoms with E-state index in [0.29, 0.717) is 17.3 Å². The zero-order valence-corrected chi connectivity index (χ0v) is 23.0. The molecule has 0 aliphatic heterocycles. The van der Waals surface area contributed by atoms with Gasteiger partial charge in [-0.3, -0.25) is 4.79 Å². The first kappa shape index (κ1) is 28.9. The van der Waals surface area contributed by atoms with Crippen molar-refractivity contribution in [2.45, 2.75) is 25.1 Å². The van der Waals surface area contributed by atoms with E-state index in [2.05, 4.69) is 0 Å². The minimum atomic E-state index is -4.18. The smallest absolute Gasteiger partial charge is 0.450 e. The molecule has 11 heteroatoms. The van der Waals surface area contributed by atoms with Crippen LogP contribution >= 0.6 is 19.4 Å². The topological polar surface area (TPSA) is 112 Å². The van der Waals surface area contributed by atoms with Gasteiger partial charge in [-0.2, -0.15) is 0 Å². The van der Waals surface area contributed by atoms with Crippen LogP contribution in [0.2, 0.25) is 0 Å². The van der Waals surface area contributed by atoms with Gasteiger partial charge in [0.1, 0.15) is 35.3 Å². The number of ether oxygens (including phenoxy) is 2.